The van der Waals surface area contributed by atoms with Gasteiger partial charge in [-0.15, -0.1) is 11.3 Å². The first-order valence-electron chi connectivity index (χ1n) is 9.25. The van der Waals surface area contributed by atoms with E-state index in [1.165, 1.54) is 16.9 Å². The third-order valence-electron chi connectivity index (χ3n) is 4.72. The Bertz CT molecular complexity index is 1160. The van der Waals surface area contributed by atoms with Crippen molar-refractivity contribution in [1.82, 2.24) is 9.38 Å². The van der Waals surface area contributed by atoms with Crippen molar-refractivity contribution in [2.75, 3.05) is 12.4 Å². The smallest absolute Gasteiger partial charge is 0.230 e. The number of thiazole rings is 1. The number of fused-ring (bicyclic) bond motifs is 1. The number of hydrogen-bond donors (Lipinski definition) is 1. The van der Waals surface area contributed by atoms with Gasteiger partial charge in [0.1, 0.15) is 5.75 Å². The normalized spacial score (nSPS) is 11.0. The molecular formula is C22H20ClN3O2S. The first-order chi connectivity index (χ1) is 14.1. The lowest BCUT2D eigenvalue weighted by molar-refractivity contribution is -0.115. The Morgan fingerprint density at radius 2 is 2.03 bits per heavy atom. The Morgan fingerprint density at radius 3 is 2.72 bits per heavy atom. The third-order valence-corrected chi connectivity index (χ3v) is 5.90. The summed E-state index contributed by atoms with van der Waals surface area (Å²) >= 11 is 7.65. The van der Waals surface area contributed by atoms with Crippen molar-refractivity contribution in [2.45, 2.75) is 19.8 Å². The number of methoxy groups -OCH3 is 1. The topological polar surface area (TPSA) is 55.6 Å². The van der Waals surface area contributed by atoms with Gasteiger partial charge >= 0.3 is 0 Å². The van der Waals surface area contributed by atoms with E-state index in [9.17, 15) is 4.79 Å². The molecule has 0 aliphatic carbocycles. The zero-order valence-corrected chi connectivity index (χ0v) is 17.7. The van der Waals surface area contributed by atoms with Crippen molar-refractivity contribution in [1.29, 1.82) is 0 Å². The van der Waals surface area contributed by atoms with Gasteiger partial charge in [0.25, 0.3) is 0 Å². The maximum atomic E-state index is 12.5. The lowest BCUT2D eigenvalue weighted by Gasteiger charge is -2.08. The van der Waals surface area contributed by atoms with Crippen molar-refractivity contribution < 1.29 is 9.53 Å². The second-order valence-corrected chi connectivity index (χ2v) is 7.87. The standard InChI is InChI=1S/C22H20ClN3O2S/c1-3-14-4-6-15(7-5-14)19-12-26-17(13-29-22(26)25-19)11-21(27)24-16-8-9-20(28-2)18(23)10-16/h4-10,12-13H,3,11H2,1-2H3,(H,24,27). The van der Waals surface area contributed by atoms with Gasteiger partial charge in [-0.2, -0.15) is 0 Å². The number of anilines is 1. The number of carbonyl (C=O) groups is 1. The summed E-state index contributed by atoms with van der Waals surface area (Å²) < 4.78 is 7.12. The fourth-order valence-electron chi connectivity index (χ4n) is 3.12. The van der Waals surface area contributed by atoms with Crippen LogP contribution < -0.4 is 10.1 Å². The van der Waals surface area contributed by atoms with Gasteiger partial charge in [0.05, 0.1) is 24.2 Å². The second-order valence-electron chi connectivity index (χ2n) is 6.63. The predicted molar refractivity (Wildman–Crippen MR) is 118 cm³/mol. The molecule has 29 heavy (non-hydrogen) atoms. The molecule has 0 fully saturated rings. The van der Waals surface area contributed by atoms with Crippen molar-refractivity contribution in [3.63, 3.8) is 0 Å². The van der Waals surface area contributed by atoms with Crippen molar-refractivity contribution in [2.24, 2.45) is 0 Å². The summed E-state index contributed by atoms with van der Waals surface area (Å²) in [7, 11) is 1.55. The molecule has 5 nitrogen and oxygen atoms in total. The van der Waals surface area contributed by atoms with Gasteiger partial charge in [0, 0.05) is 28.5 Å². The number of rotatable bonds is 6. The minimum Gasteiger partial charge on any atom is -0.495 e. The molecule has 7 heteroatoms. The molecule has 1 N–H and O–H groups in total. The summed E-state index contributed by atoms with van der Waals surface area (Å²) in [6.07, 6.45) is 3.24. The first kappa shape index (κ1) is 19.5. The molecule has 0 aliphatic rings. The van der Waals surface area contributed by atoms with Crippen LogP contribution in [-0.4, -0.2) is 22.4 Å². The molecule has 0 spiro atoms. The Hall–Kier alpha value is -2.83. The van der Waals surface area contributed by atoms with Crippen LogP contribution in [0.25, 0.3) is 16.2 Å². The maximum absolute atomic E-state index is 12.5. The number of halogens is 1. The van der Waals surface area contributed by atoms with Crippen LogP contribution in [0.5, 0.6) is 5.75 Å². The summed E-state index contributed by atoms with van der Waals surface area (Å²) in [4.78, 5) is 18.1. The molecule has 0 unspecified atom stereocenters. The second kappa shape index (κ2) is 8.27. The summed E-state index contributed by atoms with van der Waals surface area (Å²) in [5, 5.41) is 5.30. The number of amides is 1. The predicted octanol–water partition coefficient (Wildman–Crippen LogP) is 5.47. The SMILES string of the molecule is CCc1ccc(-c2cn3c(CC(=O)Nc4ccc(OC)c(Cl)c4)csc3n2)cc1. The first-order valence-corrected chi connectivity index (χ1v) is 10.5. The summed E-state index contributed by atoms with van der Waals surface area (Å²) in [5.41, 5.74) is 4.80. The van der Waals surface area contributed by atoms with Crippen molar-refractivity contribution in [3.8, 4) is 17.0 Å². The average Bonchev–Trinajstić information content (AvgIpc) is 3.30. The van der Waals surface area contributed by atoms with Crippen LogP contribution in [0.15, 0.2) is 54.0 Å². The minimum absolute atomic E-state index is 0.117. The number of imidazole rings is 1. The Kier molecular flexibility index (Phi) is 5.56. The van der Waals surface area contributed by atoms with Gasteiger partial charge in [-0.3, -0.25) is 9.20 Å². The highest BCUT2D eigenvalue weighted by atomic mass is 35.5. The highest BCUT2D eigenvalue weighted by Crippen LogP contribution is 2.28. The number of carbonyl (C=O) groups excluding carboxylic acids is 1. The largest absolute Gasteiger partial charge is 0.495 e. The van der Waals surface area contributed by atoms with Gasteiger partial charge in [-0.25, -0.2) is 4.98 Å². The Labute approximate surface area is 177 Å². The monoisotopic (exact) mass is 425 g/mol. The number of aromatic nitrogens is 2. The molecule has 2 aromatic carbocycles. The van der Waals surface area contributed by atoms with Gasteiger partial charge in [-0.05, 0) is 30.2 Å². The number of hydrogen-bond acceptors (Lipinski definition) is 4. The Morgan fingerprint density at radius 1 is 1.24 bits per heavy atom. The number of ether oxygens (including phenoxy) is 1. The number of aryl methyl sites for hydroxylation is 1. The summed E-state index contributed by atoms with van der Waals surface area (Å²) in [6.45, 7) is 2.14. The molecule has 0 radical (unpaired) electrons. The Balaban J connectivity index is 1.51. The molecule has 2 heterocycles. The molecule has 0 bridgehead atoms. The molecular weight excluding hydrogens is 406 g/mol. The van der Waals surface area contributed by atoms with E-state index >= 15 is 0 Å². The van der Waals surface area contributed by atoms with Crippen molar-refractivity contribution >= 4 is 39.5 Å². The zero-order chi connectivity index (χ0) is 20.4. The molecule has 4 rings (SSSR count). The highest BCUT2D eigenvalue weighted by molar-refractivity contribution is 7.15. The van der Waals surface area contributed by atoms with Crippen LogP contribution in [0.1, 0.15) is 18.2 Å². The van der Waals surface area contributed by atoms with E-state index in [-0.39, 0.29) is 12.3 Å². The molecule has 4 aromatic rings. The highest BCUT2D eigenvalue weighted by Gasteiger charge is 2.13. The van der Waals surface area contributed by atoms with Gasteiger partial charge < -0.3 is 10.1 Å². The fourth-order valence-corrected chi connectivity index (χ4v) is 4.25. The summed E-state index contributed by atoms with van der Waals surface area (Å²) in [5.74, 6) is 0.454. The average molecular weight is 426 g/mol. The van der Waals surface area contributed by atoms with E-state index < -0.39 is 0 Å². The minimum atomic E-state index is -0.117. The zero-order valence-electron chi connectivity index (χ0n) is 16.1. The maximum Gasteiger partial charge on any atom is 0.230 e. The van der Waals surface area contributed by atoms with Crippen LogP contribution in [0, 0.1) is 0 Å². The quantitative estimate of drug-likeness (QED) is 0.445. The number of nitrogens with one attached hydrogen (secondary N) is 1. The number of nitrogens with zero attached hydrogens (tertiary/aromatic N) is 2. The number of benzene rings is 2. The van der Waals surface area contributed by atoms with Crippen LogP contribution in [0.4, 0.5) is 5.69 Å². The molecule has 0 saturated heterocycles. The lowest BCUT2D eigenvalue weighted by Crippen LogP contribution is -2.15. The van der Waals surface area contributed by atoms with Crippen LogP contribution in [0.2, 0.25) is 5.02 Å². The molecule has 148 valence electrons. The van der Waals surface area contributed by atoms with Crippen LogP contribution in [-0.2, 0) is 17.6 Å². The molecule has 2 aromatic heterocycles. The van der Waals surface area contributed by atoms with E-state index in [0.29, 0.717) is 16.5 Å². The van der Waals surface area contributed by atoms with E-state index in [4.69, 9.17) is 21.3 Å². The molecule has 0 aliphatic heterocycles. The van der Waals surface area contributed by atoms with Crippen molar-refractivity contribution in [3.05, 3.63) is 70.3 Å². The fraction of sp³-hybridized carbons (Fsp3) is 0.182. The summed E-state index contributed by atoms with van der Waals surface area (Å²) in [6, 6.07) is 13.6. The lowest BCUT2D eigenvalue weighted by atomic mass is 10.1. The van der Waals surface area contributed by atoms with E-state index in [1.54, 1.807) is 25.3 Å². The van der Waals surface area contributed by atoms with Gasteiger partial charge in [0.2, 0.25) is 5.91 Å². The van der Waals surface area contributed by atoms with Crippen LogP contribution >= 0.6 is 22.9 Å². The van der Waals surface area contributed by atoms with E-state index in [2.05, 4.69) is 36.5 Å². The molecule has 0 atom stereocenters. The third kappa shape index (κ3) is 4.13. The van der Waals surface area contributed by atoms with Crippen LogP contribution in [0.3, 0.4) is 0 Å². The molecule has 1 amide bonds. The molecule has 0 saturated carbocycles. The van der Waals surface area contributed by atoms with E-state index in [1.807, 2.05) is 16.0 Å². The van der Waals surface area contributed by atoms with Gasteiger partial charge in [-0.1, -0.05) is 42.8 Å². The van der Waals surface area contributed by atoms with E-state index in [0.717, 1.165) is 28.3 Å². The van der Waals surface area contributed by atoms with Gasteiger partial charge in [0.15, 0.2) is 4.96 Å².